The van der Waals surface area contributed by atoms with E-state index in [1.807, 2.05) is 6.92 Å². The van der Waals surface area contributed by atoms with E-state index in [4.69, 9.17) is 0 Å². The third-order valence-electron chi connectivity index (χ3n) is 2.46. The van der Waals surface area contributed by atoms with Crippen molar-refractivity contribution in [2.24, 2.45) is 0 Å². The molecule has 0 radical (unpaired) electrons. The predicted octanol–water partition coefficient (Wildman–Crippen LogP) is -0.130. The largest absolute Gasteiger partial charge is 0.348 e. The molecule has 1 atom stereocenters. The summed E-state index contributed by atoms with van der Waals surface area (Å²) < 4.78 is 26.2. The first kappa shape index (κ1) is 14.1. The van der Waals surface area contributed by atoms with Crippen molar-refractivity contribution in [1.29, 1.82) is 0 Å². The normalized spacial score (nSPS) is 13.8. The highest BCUT2D eigenvalue weighted by Gasteiger charge is 2.19. The lowest BCUT2D eigenvalue weighted by Crippen LogP contribution is -2.39. The Labute approximate surface area is 102 Å². The Morgan fingerprint density at radius 2 is 2.29 bits per heavy atom. The zero-order valence-corrected chi connectivity index (χ0v) is 11.0. The van der Waals surface area contributed by atoms with Crippen molar-refractivity contribution in [3.8, 4) is 0 Å². The van der Waals surface area contributed by atoms with Gasteiger partial charge in [-0.15, -0.1) is 0 Å². The summed E-state index contributed by atoms with van der Waals surface area (Å²) in [5, 5.41) is 2.60. The minimum atomic E-state index is -3.23. The van der Waals surface area contributed by atoms with Crippen LogP contribution in [0.2, 0.25) is 0 Å². The third kappa shape index (κ3) is 4.84. The monoisotopic (exact) mass is 260 g/mol. The van der Waals surface area contributed by atoms with Crippen LogP contribution < -0.4 is 10.0 Å². The van der Waals surface area contributed by atoms with E-state index >= 15 is 0 Å². The van der Waals surface area contributed by atoms with Gasteiger partial charge in [0, 0.05) is 31.4 Å². The molecule has 0 spiro atoms. The number of sulfonamides is 1. The molecule has 7 heteroatoms. The van der Waals surface area contributed by atoms with Gasteiger partial charge < -0.3 is 10.3 Å². The Bertz CT molecular complexity index is 402. The zero-order valence-electron chi connectivity index (χ0n) is 10.2. The van der Waals surface area contributed by atoms with E-state index in [0.29, 0.717) is 19.5 Å². The second kappa shape index (κ2) is 6.73. The molecule has 17 heavy (non-hydrogen) atoms. The van der Waals surface area contributed by atoms with Crippen LogP contribution in [0.15, 0.2) is 12.5 Å². The van der Waals surface area contributed by atoms with Crippen LogP contribution in [0.5, 0.6) is 0 Å². The van der Waals surface area contributed by atoms with Gasteiger partial charge >= 0.3 is 0 Å². The van der Waals surface area contributed by atoms with Crippen molar-refractivity contribution in [1.82, 2.24) is 20.0 Å². The molecule has 0 saturated carbocycles. The van der Waals surface area contributed by atoms with Crippen LogP contribution in [0.4, 0.5) is 0 Å². The third-order valence-corrected chi connectivity index (χ3v) is 4.30. The quantitative estimate of drug-likeness (QED) is 0.607. The maximum Gasteiger partial charge on any atom is 0.215 e. The molecule has 0 bridgehead atoms. The number of imidazole rings is 1. The summed E-state index contributed by atoms with van der Waals surface area (Å²) in [6.45, 7) is 5.27. The first-order chi connectivity index (χ1) is 8.06. The van der Waals surface area contributed by atoms with Gasteiger partial charge in [-0.3, -0.25) is 0 Å². The Hall–Kier alpha value is -0.920. The molecule has 1 aromatic rings. The second-order valence-corrected chi connectivity index (χ2v) is 6.07. The summed E-state index contributed by atoms with van der Waals surface area (Å²) in [6.07, 6.45) is 3.89. The van der Waals surface area contributed by atoms with Crippen molar-refractivity contribution in [3.05, 3.63) is 18.2 Å². The number of H-pyrrole nitrogens is 1. The molecule has 0 aliphatic carbocycles. The molecule has 0 aliphatic heterocycles. The maximum atomic E-state index is 11.8. The van der Waals surface area contributed by atoms with Crippen molar-refractivity contribution in [2.75, 3.05) is 19.6 Å². The lowest BCUT2D eigenvalue weighted by atomic mass is 10.3. The highest BCUT2D eigenvalue weighted by atomic mass is 32.2. The van der Waals surface area contributed by atoms with E-state index in [2.05, 4.69) is 20.0 Å². The zero-order chi connectivity index (χ0) is 12.7. The lowest BCUT2D eigenvalue weighted by Gasteiger charge is -2.13. The fourth-order valence-electron chi connectivity index (χ4n) is 1.35. The molecule has 1 rings (SSSR count). The van der Waals surface area contributed by atoms with Gasteiger partial charge in [-0.1, -0.05) is 6.92 Å². The molecule has 3 N–H and O–H groups in total. The number of hydrogen-bond acceptors (Lipinski definition) is 4. The number of aromatic amines is 1. The summed E-state index contributed by atoms with van der Waals surface area (Å²) in [5.74, 6) is 0. The summed E-state index contributed by atoms with van der Waals surface area (Å²) >= 11 is 0. The van der Waals surface area contributed by atoms with Crippen LogP contribution in [-0.4, -0.2) is 43.3 Å². The number of aromatic nitrogens is 2. The van der Waals surface area contributed by atoms with Gasteiger partial charge in [0.25, 0.3) is 0 Å². The molecular formula is C10H20N4O2S. The fourth-order valence-corrected chi connectivity index (χ4v) is 2.36. The van der Waals surface area contributed by atoms with E-state index < -0.39 is 15.3 Å². The van der Waals surface area contributed by atoms with Gasteiger partial charge in [-0.05, 0) is 13.5 Å². The highest BCUT2D eigenvalue weighted by molar-refractivity contribution is 7.90. The number of rotatable bonds is 8. The summed E-state index contributed by atoms with van der Waals surface area (Å²) in [5.41, 5.74) is 0.923. The number of nitrogens with one attached hydrogen (secondary N) is 3. The van der Waals surface area contributed by atoms with E-state index in [0.717, 1.165) is 12.2 Å². The first-order valence-electron chi connectivity index (χ1n) is 5.72. The molecule has 0 amide bonds. The Kier molecular flexibility index (Phi) is 5.60. The Balaban J connectivity index is 2.33. The van der Waals surface area contributed by atoms with E-state index in [1.165, 1.54) is 0 Å². The van der Waals surface area contributed by atoms with Crippen molar-refractivity contribution < 1.29 is 8.42 Å². The molecule has 1 aromatic heterocycles. The minimum absolute atomic E-state index is 0.390. The number of hydrogen-bond donors (Lipinski definition) is 3. The van der Waals surface area contributed by atoms with E-state index in [-0.39, 0.29) is 0 Å². The SMILES string of the molecule is CCNCC(C)S(=O)(=O)NCCc1cnc[nH]1. The average molecular weight is 260 g/mol. The van der Waals surface area contributed by atoms with Gasteiger partial charge in [0.2, 0.25) is 10.0 Å². The second-order valence-electron chi connectivity index (χ2n) is 3.88. The van der Waals surface area contributed by atoms with E-state index in [1.54, 1.807) is 19.4 Å². The van der Waals surface area contributed by atoms with Crippen LogP contribution in [0, 0.1) is 0 Å². The maximum absolute atomic E-state index is 11.8. The summed E-state index contributed by atoms with van der Waals surface area (Å²) in [7, 11) is -3.23. The van der Waals surface area contributed by atoms with Crippen LogP contribution in [0.25, 0.3) is 0 Å². The average Bonchev–Trinajstić information content (AvgIpc) is 2.78. The smallest absolute Gasteiger partial charge is 0.215 e. The molecular weight excluding hydrogens is 240 g/mol. The molecule has 1 unspecified atom stereocenters. The van der Waals surface area contributed by atoms with Crippen molar-refractivity contribution in [3.63, 3.8) is 0 Å². The standard InChI is InChI=1S/C10H20N4O2S/c1-3-11-6-9(2)17(15,16)14-5-4-10-7-12-8-13-10/h7-9,11,14H,3-6H2,1-2H3,(H,12,13). The highest BCUT2D eigenvalue weighted by Crippen LogP contribution is 1.98. The van der Waals surface area contributed by atoms with Crippen molar-refractivity contribution in [2.45, 2.75) is 25.5 Å². The summed E-state index contributed by atoms with van der Waals surface area (Å²) in [6, 6.07) is 0. The van der Waals surface area contributed by atoms with Crippen molar-refractivity contribution >= 4 is 10.0 Å². The molecule has 6 nitrogen and oxygen atoms in total. The van der Waals surface area contributed by atoms with Crippen LogP contribution >= 0.6 is 0 Å². The molecule has 0 aliphatic rings. The number of nitrogens with zero attached hydrogens (tertiary/aromatic N) is 1. The molecule has 1 heterocycles. The summed E-state index contributed by atoms with van der Waals surface area (Å²) in [4.78, 5) is 6.80. The lowest BCUT2D eigenvalue weighted by molar-refractivity contribution is 0.560. The predicted molar refractivity (Wildman–Crippen MR) is 67.2 cm³/mol. The topological polar surface area (TPSA) is 86.9 Å². The first-order valence-corrected chi connectivity index (χ1v) is 7.27. The van der Waals surface area contributed by atoms with Gasteiger partial charge in [-0.25, -0.2) is 18.1 Å². The van der Waals surface area contributed by atoms with E-state index in [9.17, 15) is 8.42 Å². The molecule has 98 valence electrons. The van der Waals surface area contributed by atoms with Gasteiger partial charge in [0.1, 0.15) is 0 Å². The Morgan fingerprint density at radius 3 is 2.88 bits per heavy atom. The van der Waals surface area contributed by atoms with Crippen LogP contribution in [-0.2, 0) is 16.4 Å². The fraction of sp³-hybridized carbons (Fsp3) is 0.700. The minimum Gasteiger partial charge on any atom is -0.348 e. The van der Waals surface area contributed by atoms with Gasteiger partial charge in [0.15, 0.2) is 0 Å². The van der Waals surface area contributed by atoms with Crippen LogP contribution in [0.3, 0.4) is 0 Å². The van der Waals surface area contributed by atoms with Gasteiger partial charge in [-0.2, -0.15) is 0 Å². The van der Waals surface area contributed by atoms with Crippen LogP contribution in [0.1, 0.15) is 19.5 Å². The molecule has 0 saturated heterocycles. The molecule has 0 aromatic carbocycles. The Morgan fingerprint density at radius 1 is 1.53 bits per heavy atom. The molecule has 0 fully saturated rings. The van der Waals surface area contributed by atoms with Gasteiger partial charge in [0.05, 0.1) is 11.6 Å².